The number of benzene rings is 2. The number of nitrogens with one attached hydrogen (secondary N) is 1. The zero-order chi connectivity index (χ0) is 13.0. The molecule has 0 saturated heterocycles. The van der Waals surface area contributed by atoms with Gasteiger partial charge in [-0.1, -0.05) is 47.0 Å². The molecule has 0 unspecified atom stereocenters. The van der Waals surface area contributed by atoms with Crippen LogP contribution >= 0.6 is 23.2 Å². The Morgan fingerprint density at radius 1 is 1.00 bits per heavy atom. The summed E-state index contributed by atoms with van der Waals surface area (Å²) in [5.41, 5.74) is 6.00. The van der Waals surface area contributed by atoms with E-state index in [0.29, 0.717) is 10.0 Å². The number of nitrogens with zero attached hydrogens (tertiary/aromatic N) is 1. The number of aryl methyl sites for hydroxylation is 1. The minimum atomic E-state index is 0.524. The predicted molar refractivity (Wildman–Crippen MR) is 78.9 cm³/mol. The molecule has 0 radical (unpaired) electrons. The number of hydrogen-bond donors (Lipinski definition) is 1. The Bertz CT molecular complexity index is 563. The van der Waals surface area contributed by atoms with E-state index < -0.39 is 0 Å². The predicted octanol–water partition coefficient (Wildman–Crippen LogP) is 4.75. The van der Waals surface area contributed by atoms with E-state index >= 15 is 0 Å². The van der Waals surface area contributed by atoms with Gasteiger partial charge in [0.2, 0.25) is 0 Å². The molecule has 0 amide bonds. The minimum absolute atomic E-state index is 0.524. The fourth-order valence-electron chi connectivity index (χ4n) is 1.40. The number of rotatable bonds is 3. The van der Waals surface area contributed by atoms with E-state index in [2.05, 4.69) is 10.5 Å². The Hall–Kier alpha value is -1.51. The van der Waals surface area contributed by atoms with Crippen LogP contribution < -0.4 is 5.43 Å². The van der Waals surface area contributed by atoms with Crippen LogP contribution in [0.25, 0.3) is 0 Å². The van der Waals surface area contributed by atoms with Crippen LogP contribution in [0.1, 0.15) is 11.1 Å². The van der Waals surface area contributed by atoms with E-state index in [1.165, 1.54) is 5.56 Å². The Balaban J connectivity index is 2.02. The van der Waals surface area contributed by atoms with E-state index in [1.807, 2.05) is 37.3 Å². The largest absolute Gasteiger partial charge is 0.279 e. The number of hydrogen-bond acceptors (Lipinski definition) is 2. The van der Waals surface area contributed by atoms with Gasteiger partial charge >= 0.3 is 0 Å². The van der Waals surface area contributed by atoms with Crippen LogP contribution in [0, 0.1) is 6.92 Å². The first kappa shape index (κ1) is 12.9. The number of halogens is 2. The Morgan fingerprint density at radius 3 is 2.39 bits per heavy atom. The second kappa shape index (κ2) is 5.89. The minimum Gasteiger partial charge on any atom is -0.279 e. The highest BCUT2D eigenvalue weighted by Gasteiger charge is 1.96. The van der Waals surface area contributed by atoms with Crippen LogP contribution in [0.15, 0.2) is 47.6 Å². The van der Waals surface area contributed by atoms with Crippen molar-refractivity contribution in [2.75, 3.05) is 5.43 Å². The van der Waals surface area contributed by atoms with Crippen molar-refractivity contribution >= 4 is 35.1 Å². The first-order chi connectivity index (χ1) is 8.65. The molecule has 18 heavy (non-hydrogen) atoms. The SMILES string of the molecule is Cc1ccc(NN=Cc2ccc(Cl)c(Cl)c2)cc1. The van der Waals surface area contributed by atoms with Crippen molar-refractivity contribution in [3.05, 3.63) is 63.6 Å². The van der Waals surface area contributed by atoms with Crippen molar-refractivity contribution in [3.8, 4) is 0 Å². The van der Waals surface area contributed by atoms with Gasteiger partial charge in [-0.2, -0.15) is 5.10 Å². The second-order valence-corrected chi connectivity index (χ2v) is 4.72. The van der Waals surface area contributed by atoms with Gasteiger partial charge in [-0.05, 0) is 36.8 Å². The zero-order valence-electron chi connectivity index (χ0n) is 9.82. The topological polar surface area (TPSA) is 24.4 Å². The third kappa shape index (κ3) is 3.49. The summed E-state index contributed by atoms with van der Waals surface area (Å²) in [7, 11) is 0. The normalized spacial score (nSPS) is 10.8. The quantitative estimate of drug-likeness (QED) is 0.636. The summed E-state index contributed by atoms with van der Waals surface area (Å²) < 4.78 is 0. The van der Waals surface area contributed by atoms with Crippen LogP contribution in [0.3, 0.4) is 0 Å². The molecule has 2 aromatic rings. The maximum Gasteiger partial charge on any atom is 0.0598 e. The van der Waals surface area contributed by atoms with Crippen molar-refractivity contribution in [1.29, 1.82) is 0 Å². The molecule has 92 valence electrons. The van der Waals surface area contributed by atoms with Gasteiger partial charge in [0.15, 0.2) is 0 Å². The average molecular weight is 279 g/mol. The summed E-state index contributed by atoms with van der Waals surface area (Å²) in [6, 6.07) is 13.4. The molecule has 0 spiro atoms. The van der Waals surface area contributed by atoms with E-state index in [-0.39, 0.29) is 0 Å². The molecule has 2 nitrogen and oxygen atoms in total. The van der Waals surface area contributed by atoms with Crippen LogP contribution in [-0.4, -0.2) is 6.21 Å². The molecule has 0 heterocycles. The third-order valence-electron chi connectivity index (χ3n) is 2.40. The van der Waals surface area contributed by atoms with Crippen molar-refractivity contribution in [2.24, 2.45) is 5.10 Å². The lowest BCUT2D eigenvalue weighted by molar-refractivity contribution is 1.34. The smallest absolute Gasteiger partial charge is 0.0598 e. The summed E-state index contributed by atoms with van der Waals surface area (Å²) in [6.45, 7) is 2.04. The molecular weight excluding hydrogens is 267 g/mol. The summed E-state index contributed by atoms with van der Waals surface area (Å²) >= 11 is 11.7. The highest BCUT2D eigenvalue weighted by atomic mass is 35.5. The molecule has 0 aliphatic carbocycles. The van der Waals surface area contributed by atoms with Gasteiger partial charge < -0.3 is 0 Å². The van der Waals surface area contributed by atoms with Gasteiger partial charge in [-0.3, -0.25) is 5.43 Å². The summed E-state index contributed by atoms with van der Waals surface area (Å²) in [4.78, 5) is 0. The molecule has 2 aromatic carbocycles. The fraction of sp³-hybridized carbons (Fsp3) is 0.0714. The number of hydrazone groups is 1. The maximum atomic E-state index is 5.91. The molecule has 0 aliphatic rings. The molecule has 0 saturated carbocycles. The molecule has 0 atom stereocenters. The van der Waals surface area contributed by atoms with Gasteiger partial charge in [0.05, 0.1) is 21.9 Å². The van der Waals surface area contributed by atoms with E-state index in [4.69, 9.17) is 23.2 Å². The van der Waals surface area contributed by atoms with E-state index in [1.54, 1.807) is 18.3 Å². The van der Waals surface area contributed by atoms with Crippen molar-refractivity contribution < 1.29 is 0 Å². The summed E-state index contributed by atoms with van der Waals surface area (Å²) in [5.74, 6) is 0. The molecule has 0 bridgehead atoms. The first-order valence-corrected chi connectivity index (χ1v) is 6.21. The summed E-state index contributed by atoms with van der Waals surface area (Å²) in [6.07, 6.45) is 1.70. The summed E-state index contributed by atoms with van der Waals surface area (Å²) in [5, 5.41) is 5.20. The lowest BCUT2D eigenvalue weighted by Crippen LogP contribution is -1.90. The van der Waals surface area contributed by atoms with Crippen molar-refractivity contribution in [1.82, 2.24) is 0 Å². The number of anilines is 1. The lowest BCUT2D eigenvalue weighted by atomic mass is 10.2. The zero-order valence-corrected chi connectivity index (χ0v) is 11.3. The van der Waals surface area contributed by atoms with E-state index in [9.17, 15) is 0 Å². The van der Waals surface area contributed by atoms with Crippen LogP contribution in [0.5, 0.6) is 0 Å². The van der Waals surface area contributed by atoms with E-state index in [0.717, 1.165) is 11.3 Å². The average Bonchev–Trinajstić information content (AvgIpc) is 2.36. The van der Waals surface area contributed by atoms with Gasteiger partial charge in [-0.15, -0.1) is 0 Å². The lowest BCUT2D eigenvalue weighted by Gasteiger charge is -2.01. The van der Waals surface area contributed by atoms with Crippen LogP contribution in [0.4, 0.5) is 5.69 Å². The first-order valence-electron chi connectivity index (χ1n) is 5.46. The van der Waals surface area contributed by atoms with Gasteiger partial charge in [0.1, 0.15) is 0 Å². The van der Waals surface area contributed by atoms with Gasteiger partial charge in [0.25, 0.3) is 0 Å². The van der Waals surface area contributed by atoms with Crippen LogP contribution in [-0.2, 0) is 0 Å². The standard InChI is InChI=1S/C14H12Cl2N2/c1-10-2-5-12(6-3-10)18-17-9-11-4-7-13(15)14(16)8-11/h2-9,18H,1H3. The molecular formula is C14H12Cl2N2. The van der Waals surface area contributed by atoms with Crippen molar-refractivity contribution in [2.45, 2.75) is 6.92 Å². The second-order valence-electron chi connectivity index (χ2n) is 3.91. The third-order valence-corrected chi connectivity index (χ3v) is 3.14. The highest BCUT2D eigenvalue weighted by molar-refractivity contribution is 6.42. The Labute approximate surface area is 116 Å². The molecule has 4 heteroatoms. The maximum absolute atomic E-state index is 5.91. The Morgan fingerprint density at radius 2 is 1.72 bits per heavy atom. The highest BCUT2D eigenvalue weighted by Crippen LogP contribution is 2.21. The molecule has 0 aromatic heterocycles. The monoisotopic (exact) mass is 278 g/mol. The molecule has 0 aliphatic heterocycles. The van der Waals surface area contributed by atoms with Crippen LogP contribution in [0.2, 0.25) is 10.0 Å². The van der Waals surface area contributed by atoms with Gasteiger partial charge in [0, 0.05) is 0 Å². The molecule has 1 N–H and O–H groups in total. The fourth-order valence-corrected chi connectivity index (χ4v) is 1.71. The molecule has 0 fully saturated rings. The van der Waals surface area contributed by atoms with Crippen molar-refractivity contribution in [3.63, 3.8) is 0 Å². The Kier molecular flexibility index (Phi) is 4.24. The van der Waals surface area contributed by atoms with Gasteiger partial charge in [-0.25, -0.2) is 0 Å². The molecule has 2 rings (SSSR count).